The molecule has 0 atom stereocenters. The summed E-state index contributed by atoms with van der Waals surface area (Å²) in [5, 5.41) is 15.5. The molecule has 20 heavy (non-hydrogen) atoms. The summed E-state index contributed by atoms with van der Waals surface area (Å²) >= 11 is 0. The maximum Gasteiger partial charge on any atom is 0.247 e. The summed E-state index contributed by atoms with van der Waals surface area (Å²) in [4.78, 5) is 21.7. The second-order valence-electron chi connectivity index (χ2n) is 3.69. The van der Waals surface area contributed by atoms with Gasteiger partial charge < -0.3 is 15.2 Å². The minimum atomic E-state index is -0.143. The van der Waals surface area contributed by atoms with Gasteiger partial charge in [-0.3, -0.25) is 4.79 Å². The molecule has 2 N–H and O–H groups in total. The Kier molecular flexibility index (Phi) is 6.70. The second-order valence-corrected chi connectivity index (χ2v) is 3.69. The molecular formula is C14H17N3O3. The monoisotopic (exact) mass is 275 g/mol. The van der Waals surface area contributed by atoms with E-state index >= 15 is 0 Å². The first-order valence-electron chi connectivity index (χ1n) is 6.04. The fourth-order valence-corrected chi connectivity index (χ4v) is 1.62. The normalized spacial score (nSPS) is 14.2. The van der Waals surface area contributed by atoms with Crippen molar-refractivity contribution in [1.29, 1.82) is 0 Å². The van der Waals surface area contributed by atoms with Gasteiger partial charge in [0, 0.05) is 31.4 Å². The van der Waals surface area contributed by atoms with E-state index in [0.717, 1.165) is 24.7 Å². The van der Waals surface area contributed by atoms with Gasteiger partial charge in [-0.2, -0.15) is 5.10 Å². The van der Waals surface area contributed by atoms with Gasteiger partial charge in [0.25, 0.3) is 0 Å². The third kappa shape index (κ3) is 4.33. The molecule has 106 valence electrons. The maximum atomic E-state index is 11.4. The molecule has 0 radical (unpaired) electrons. The lowest BCUT2D eigenvalue weighted by Crippen LogP contribution is -2.38. The Bertz CT molecular complexity index is 498. The lowest BCUT2D eigenvalue weighted by atomic mass is 10.1. The molecule has 6 heteroatoms. The molecule has 1 aliphatic rings. The first-order valence-corrected chi connectivity index (χ1v) is 6.04. The molecule has 0 aliphatic carbocycles. The summed E-state index contributed by atoms with van der Waals surface area (Å²) in [6, 6.07) is 9.53. The SMILES string of the molecule is CO.O=CC/C=N\N1CNC(=O)C=C1c1ccccc1. The van der Waals surface area contributed by atoms with Gasteiger partial charge in [-0.15, -0.1) is 0 Å². The van der Waals surface area contributed by atoms with Crippen LogP contribution in [0.25, 0.3) is 5.70 Å². The number of benzene rings is 1. The smallest absolute Gasteiger partial charge is 0.247 e. The van der Waals surface area contributed by atoms with Crippen LogP contribution in [0.3, 0.4) is 0 Å². The molecule has 1 amide bonds. The number of aliphatic hydroxyl groups excluding tert-OH is 1. The van der Waals surface area contributed by atoms with Gasteiger partial charge in [-0.1, -0.05) is 30.3 Å². The van der Waals surface area contributed by atoms with Gasteiger partial charge in [0.1, 0.15) is 13.0 Å². The van der Waals surface area contributed by atoms with Crippen molar-refractivity contribution in [1.82, 2.24) is 10.3 Å². The van der Waals surface area contributed by atoms with Gasteiger partial charge in [-0.05, 0) is 0 Å². The highest BCUT2D eigenvalue weighted by Crippen LogP contribution is 2.20. The van der Waals surface area contributed by atoms with E-state index in [0.29, 0.717) is 6.67 Å². The molecule has 1 aromatic rings. The summed E-state index contributed by atoms with van der Waals surface area (Å²) in [7, 11) is 1.00. The highest BCUT2D eigenvalue weighted by atomic mass is 16.2. The molecule has 0 saturated heterocycles. The third-order valence-electron chi connectivity index (χ3n) is 2.44. The summed E-state index contributed by atoms with van der Waals surface area (Å²) in [6.07, 6.45) is 4.04. The van der Waals surface area contributed by atoms with Crippen LogP contribution in [0.2, 0.25) is 0 Å². The third-order valence-corrected chi connectivity index (χ3v) is 2.44. The van der Waals surface area contributed by atoms with Gasteiger partial charge in [-0.25, -0.2) is 5.01 Å². The molecule has 1 aromatic carbocycles. The van der Waals surface area contributed by atoms with Crippen LogP contribution in [0, 0.1) is 0 Å². The number of amides is 1. The van der Waals surface area contributed by atoms with E-state index in [9.17, 15) is 9.59 Å². The molecule has 2 rings (SSSR count). The largest absolute Gasteiger partial charge is 0.400 e. The zero-order valence-corrected chi connectivity index (χ0v) is 11.2. The van der Waals surface area contributed by atoms with E-state index in [4.69, 9.17) is 5.11 Å². The van der Waals surface area contributed by atoms with Crippen molar-refractivity contribution in [2.75, 3.05) is 13.8 Å². The van der Waals surface area contributed by atoms with Crippen LogP contribution in [0.4, 0.5) is 0 Å². The Morgan fingerprint density at radius 2 is 2.05 bits per heavy atom. The Labute approximate surface area is 117 Å². The van der Waals surface area contributed by atoms with Crippen molar-refractivity contribution >= 4 is 24.1 Å². The molecule has 0 fully saturated rings. The van der Waals surface area contributed by atoms with Crippen LogP contribution in [0.15, 0.2) is 41.5 Å². The predicted octanol–water partition coefficient (Wildman–Crippen LogP) is 0.600. The van der Waals surface area contributed by atoms with E-state index in [-0.39, 0.29) is 12.3 Å². The number of carbonyl (C=O) groups is 2. The fraction of sp³-hybridized carbons (Fsp3) is 0.214. The highest BCUT2D eigenvalue weighted by Gasteiger charge is 2.17. The number of carbonyl (C=O) groups excluding carboxylic acids is 2. The van der Waals surface area contributed by atoms with E-state index in [1.165, 1.54) is 12.3 Å². The van der Waals surface area contributed by atoms with Crippen molar-refractivity contribution < 1.29 is 14.7 Å². The Morgan fingerprint density at radius 1 is 1.35 bits per heavy atom. The quantitative estimate of drug-likeness (QED) is 0.623. The minimum Gasteiger partial charge on any atom is -0.400 e. The van der Waals surface area contributed by atoms with Crippen molar-refractivity contribution in [3.63, 3.8) is 0 Å². The van der Waals surface area contributed by atoms with Gasteiger partial charge >= 0.3 is 0 Å². The molecule has 1 heterocycles. The van der Waals surface area contributed by atoms with Crippen LogP contribution < -0.4 is 5.32 Å². The van der Waals surface area contributed by atoms with Crippen LogP contribution >= 0.6 is 0 Å². The molecule has 0 spiro atoms. The zero-order chi connectivity index (χ0) is 14.8. The number of aliphatic hydroxyl groups is 1. The molecular weight excluding hydrogens is 258 g/mol. The van der Waals surface area contributed by atoms with E-state index in [2.05, 4.69) is 10.4 Å². The van der Waals surface area contributed by atoms with Gasteiger partial charge in [0.15, 0.2) is 0 Å². The number of aldehydes is 1. The molecule has 6 nitrogen and oxygen atoms in total. The number of nitrogens with zero attached hydrogens (tertiary/aromatic N) is 2. The zero-order valence-electron chi connectivity index (χ0n) is 11.2. The average molecular weight is 275 g/mol. The van der Waals surface area contributed by atoms with E-state index < -0.39 is 0 Å². The topological polar surface area (TPSA) is 82.0 Å². The summed E-state index contributed by atoms with van der Waals surface area (Å²) in [6.45, 7) is 0.301. The number of hydrogen-bond acceptors (Lipinski definition) is 5. The predicted molar refractivity (Wildman–Crippen MR) is 76.6 cm³/mol. The Hall–Kier alpha value is -2.47. The summed E-state index contributed by atoms with van der Waals surface area (Å²) in [5.74, 6) is -0.143. The van der Waals surface area contributed by atoms with Crippen LogP contribution in [-0.4, -0.2) is 42.3 Å². The average Bonchev–Trinajstić information content (AvgIpc) is 2.52. The number of hydrazone groups is 1. The first-order chi connectivity index (χ1) is 9.81. The first kappa shape index (κ1) is 15.6. The van der Waals surface area contributed by atoms with Crippen molar-refractivity contribution in [2.24, 2.45) is 5.10 Å². The lowest BCUT2D eigenvalue weighted by Gasteiger charge is -2.26. The molecule has 1 aliphatic heterocycles. The summed E-state index contributed by atoms with van der Waals surface area (Å²) in [5.41, 5.74) is 1.64. The fourth-order valence-electron chi connectivity index (χ4n) is 1.62. The molecule has 0 saturated carbocycles. The molecule has 0 aromatic heterocycles. The number of rotatable bonds is 4. The van der Waals surface area contributed by atoms with Gasteiger partial charge in [0.2, 0.25) is 5.91 Å². The summed E-state index contributed by atoms with van der Waals surface area (Å²) < 4.78 is 0. The van der Waals surface area contributed by atoms with Crippen LogP contribution in [0.5, 0.6) is 0 Å². The standard InChI is InChI=1S/C13H13N3O2.CH4O/c17-8-4-7-15-16-10-14-13(18)9-12(16)11-5-2-1-3-6-11;1-2/h1-3,5-9H,4,10H2,(H,14,18);2H,1H3/b15-7-;. The second kappa shape index (κ2) is 8.60. The van der Waals surface area contributed by atoms with Crippen molar-refractivity contribution in [3.8, 4) is 0 Å². The Morgan fingerprint density at radius 3 is 2.70 bits per heavy atom. The minimum absolute atomic E-state index is 0.143. The van der Waals surface area contributed by atoms with Crippen LogP contribution in [0.1, 0.15) is 12.0 Å². The Balaban J connectivity index is 0.000000956. The number of hydrogen-bond donors (Lipinski definition) is 2. The molecule has 0 unspecified atom stereocenters. The molecule has 0 bridgehead atoms. The van der Waals surface area contributed by atoms with Crippen molar-refractivity contribution in [2.45, 2.75) is 6.42 Å². The lowest BCUT2D eigenvalue weighted by molar-refractivity contribution is -0.117. The van der Waals surface area contributed by atoms with Crippen LogP contribution in [-0.2, 0) is 9.59 Å². The number of nitrogens with one attached hydrogen (secondary N) is 1. The van der Waals surface area contributed by atoms with E-state index in [1.807, 2.05) is 30.3 Å². The maximum absolute atomic E-state index is 11.4. The highest BCUT2D eigenvalue weighted by molar-refractivity contribution is 5.96. The van der Waals surface area contributed by atoms with Crippen molar-refractivity contribution in [3.05, 3.63) is 42.0 Å². The van der Waals surface area contributed by atoms with Gasteiger partial charge in [0.05, 0.1) is 5.70 Å². The van der Waals surface area contributed by atoms with E-state index in [1.54, 1.807) is 5.01 Å².